The molecule has 7 heteroatoms. The molecule has 21 heavy (non-hydrogen) atoms. The van der Waals surface area contributed by atoms with Gasteiger partial charge in [-0.25, -0.2) is 9.98 Å². The van der Waals surface area contributed by atoms with Crippen molar-refractivity contribution in [1.29, 1.82) is 0 Å². The highest BCUT2D eigenvalue weighted by Gasteiger charge is 2.20. The van der Waals surface area contributed by atoms with Gasteiger partial charge in [0.2, 0.25) is 0 Å². The number of thiazole rings is 1. The highest BCUT2D eigenvalue weighted by molar-refractivity contribution is 14.0. The summed E-state index contributed by atoms with van der Waals surface area (Å²) in [5, 5.41) is 7.56. The van der Waals surface area contributed by atoms with Gasteiger partial charge in [-0.3, -0.25) is 0 Å². The van der Waals surface area contributed by atoms with Gasteiger partial charge >= 0.3 is 0 Å². The summed E-state index contributed by atoms with van der Waals surface area (Å²) < 4.78 is 5.60. The van der Waals surface area contributed by atoms with Gasteiger partial charge in [-0.1, -0.05) is 0 Å². The van der Waals surface area contributed by atoms with E-state index >= 15 is 0 Å². The molecular formula is C14H25IN4OS. The van der Waals surface area contributed by atoms with Crippen LogP contribution in [-0.4, -0.2) is 37.2 Å². The maximum atomic E-state index is 5.60. The van der Waals surface area contributed by atoms with Gasteiger partial charge in [-0.15, -0.1) is 35.3 Å². The van der Waals surface area contributed by atoms with Crippen LogP contribution in [0.4, 0.5) is 0 Å². The van der Waals surface area contributed by atoms with E-state index in [-0.39, 0.29) is 24.0 Å². The number of guanidine groups is 1. The molecule has 120 valence electrons. The van der Waals surface area contributed by atoms with E-state index in [9.17, 15) is 0 Å². The third-order valence-corrected chi connectivity index (χ3v) is 3.87. The van der Waals surface area contributed by atoms with E-state index in [1.54, 1.807) is 11.3 Å². The van der Waals surface area contributed by atoms with E-state index in [0.29, 0.717) is 6.54 Å². The van der Waals surface area contributed by atoms with Crippen LogP contribution in [0.5, 0.6) is 0 Å². The summed E-state index contributed by atoms with van der Waals surface area (Å²) in [5.41, 5.74) is 0. The van der Waals surface area contributed by atoms with E-state index in [4.69, 9.17) is 4.74 Å². The summed E-state index contributed by atoms with van der Waals surface area (Å²) >= 11 is 1.69. The van der Waals surface area contributed by atoms with Crippen LogP contribution < -0.4 is 10.6 Å². The number of aromatic nitrogens is 1. The molecule has 0 radical (unpaired) electrons. The third-order valence-electron chi connectivity index (χ3n) is 2.98. The molecule has 0 atom stereocenters. The molecule has 2 N–H and O–H groups in total. The van der Waals surface area contributed by atoms with Crippen molar-refractivity contribution >= 4 is 41.3 Å². The predicted molar refractivity (Wildman–Crippen MR) is 98.6 cm³/mol. The zero-order valence-electron chi connectivity index (χ0n) is 12.7. The molecule has 5 nitrogen and oxygen atoms in total. The second kappa shape index (κ2) is 10.3. The van der Waals surface area contributed by atoms with Crippen LogP contribution in [0.3, 0.4) is 0 Å². The second-order valence-corrected chi connectivity index (χ2v) is 6.32. The molecule has 0 spiro atoms. The molecule has 0 aromatic carbocycles. The quantitative estimate of drug-likeness (QED) is 0.292. The molecule has 1 saturated carbocycles. The van der Waals surface area contributed by atoms with Gasteiger partial charge in [0.15, 0.2) is 5.96 Å². The van der Waals surface area contributed by atoms with E-state index in [1.165, 1.54) is 17.7 Å². The first-order valence-corrected chi connectivity index (χ1v) is 8.10. The summed E-state index contributed by atoms with van der Waals surface area (Å²) in [6, 6.07) is 0. The summed E-state index contributed by atoms with van der Waals surface area (Å²) in [5.74, 6) is 1.65. The summed E-state index contributed by atoms with van der Waals surface area (Å²) in [4.78, 5) is 10.1. The Morgan fingerprint density at radius 3 is 2.90 bits per heavy atom. The zero-order chi connectivity index (χ0) is 14.2. The Kier molecular flexibility index (Phi) is 9.18. The lowest BCUT2D eigenvalue weighted by atomic mass is 10.5. The van der Waals surface area contributed by atoms with Crippen LogP contribution in [0.15, 0.2) is 11.2 Å². The van der Waals surface area contributed by atoms with Gasteiger partial charge in [0.05, 0.1) is 13.2 Å². The van der Waals surface area contributed by atoms with Gasteiger partial charge in [-0.2, -0.15) is 0 Å². The predicted octanol–water partition coefficient (Wildman–Crippen LogP) is 2.55. The van der Waals surface area contributed by atoms with Crippen molar-refractivity contribution < 1.29 is 4.74 Å². The lowest BCUT2D eigenvalue weighted by Gasteiger charge is -2.11. The average molecular weight is 424 g/mol. The van der Waals surface area contributed by atoms with E-state index < -0.39 is 0 Å². The Morgan fingerprint density at radius 2 is 2.29 bits per heavy atom. The number of ether oxygens (including phenoxy) is 1. The zero-order valence-corrected chi connectivity index (χ0v) is 15.9. The summed E-state index contributed by atoms with van der Waals surface area (Å²) in [6.45, 7) is 8.03. The van der Waals surface area contributed by atoms with Crippen molar-refractivity contribution in [2.45, 2.75) is 33.2 Å². The molecule has 1 heterocycles. The normalized spacial score (nSPS) is 14.7. The number of halogens is 1. The fraction of sp³-hybridized carbons (Fsp3) is 0.714. The molecular weight excluding hydrogens is 399 g/mol. The molecule has 1 fully saturated rings. The smallest absolute Gasteiger partial charge is 0.191 e. The lowest BCUT2D eigenvalue weighted by molar-refractivity contribution is 0.129. The van der Waals surface area contributed by atoms with Crippen molar-refractivity contribution in [3.8, 4) is 0 Å². The first kappa shape index (κ1) is 18.6. The third kappa shape index (κ3) is 7.96. The van der Waals surface area contributed by atoms with Crippen molar-refractivity contribution in [2.24, 2.45) is 10.9 Å². The van der Waals surface area contributed by atoms with Crippen LogP contribution in [-0.2, 0) is 11.3 Å². The minimum Gasteiger partial charge on any atom is -0.379 e. The number of aliphatic imine (C=N–C) groups is 1. The number of nitrogens with one attached hydrogen (secondary N) is 2. The molecule has 1 aromatic rings. The number of hydrogen-bond donors (Lipinski definition) is 2. The largest absolute Gasteiger partial charge is 0.379 e. The van der Waals surface area contributed by atoms with Crippen molar-refractivity contribution in [2.75, 3.05) is 26.3 Å². The average Bonchev–Trinajstić information content (AvgIpc) is 3.17. The number of rotatable bonds is 8. The molecule has 0 aliphatic heterocycles. The Balaban J connectivity index is 0.00000220. The Hall–Kier alpha value is -0.410. The Bertz CT molecular complexity index is 434. The van der Waals surface area contributed by atoms with Gasteiger partial charge in [0.25, 0.3) is 0 Å². The minimum absolute atomic E-state index is 0. The van der Waals surface area contributed by atoms with E-state index in [0.717, 1.165) is 43.2 Å². The lowest BCUT2D eigenvalue weighted by Crippen LogP contribution is -2.39. The SMILES string of the molecule is CCNC(=NCc1ncc(C)s1)NCCOCC1CC1.I. The fourth-order valence-corrected chi connectivity index (χ4v) is 2.45. The molecule has 0 bridgehead atoms. The van der Waals surface area contributed by atoms with Crippen molar-refractivity contribution in [3.05, 3.63) is 16.1 Å². The topological polar surface area (TPSA) is 58.5 Å². The first-order valence-electron chi connectivity index (χ1n) is 7.29. The van der Waals surface area contributed by atoms with Crippen LogP contribution in [0, 0.1) is 12.8 Å². The Labute approximate surface area is 148 Å². The maximum Gasteiger partial charge on any atom is 0.191 e. The molecule has 0 saturated heterocycles. The van der Waals surface area contributed by atoms with Crippen LogP contribution in [0.2, 0.25) is 0 Å². The minimum atomic E-state index is 0. The molecule has 2 rings (SSSR count). The Morgan fingerprint density at radius 1 is 1.48 bits per heavy atom. The molecule has 1 aromatic heterocycles. The van der Waals surface area contributed by atoms with Gasteiger partial charge in [0.1, 0.15) is 5.01 Å². The maximum absolute atomic E-state index is 5.60. The van der Waals surface area contributed by atoms with E-state index in [1.807, 2.05) is 6.20 Å². The number of aryl methyl sites for hydroxylation is 1. The highest BCUT2D eigenvalue weighted by Crippen LogP contribution is 2.28. The van der Waals surface area contributed by atoms with Crippen LogP contribution in [0.1, 0.15) is 29.7 Å². The highest BCUT2D eigenvalue weighted by atomic mass is 127. The molecule has 0 amide bonds. The molecule has 1 aliphatic carbocycles. The van der Waals surface area contributed by atoms with Crippen LogP contribution in [0.25, 0.3) is 0 Å². The summed E-state index contributed by atoms with van der Waals surface area (Å²) in [7, 11) is 0. The first-order chi connectivity index (χ1) is 9.78. The fourth-order valence-electron chi connectivity index (χ4n) is 1.74. The van der Waals surface area contributed by atoms with Gasteiger partial charge < -0.3 is 15.4 Å². The summed E-state index contributed by atoms with van der Waals surface area (Å²) in [6.07, 6.45) is 4.57. The second-order valence-electron chi connectivity index (χ2n) is 5.00. The van der Waals surface area contributed by atoms with Crippen molar-refractivity contribution in [3.63, 3.8) is 0 Å². The standard InChI is InChI=1S/C14H24N4OS.HI/c1-3-15-14(16-6-7-19-10-12-4-5-12)18-9-13-17-8-11(2)20-13;/h8,12H,3-7,9-10H2,1-2H3,(H2,15,16,18);1H. The molecule has 0 unspecified atom stereocenters. The van der Waals surface area contributed by atoms with E-state index in [2.05, 4.69) is 34.5 Å². The van der Waals surface area contributed by atoms with Gasteiger partial charge in [-0.05, 0) is 32.6 Å². The molecule has 1 aliphatic rings. The van der Waals surface area contributed by atoms with Crippen LogP contribution >= 0.6 is 35.3 Å². The monoisotopic (exact) mass is 424 g/mol. The number of hydrogen-bond acceptors (Lipinski definition) is 4. The number of nitrogens with zero attached hydrogens (tertiary/aromatic N) is 2. The van der Waals surface area contributed by atoms with Gasteiger partial charge in [0, 0.05) is 30.8 Å². The van der Waals surface area contributed by atoms with Crippen molar-refractivity contribution in [1.82, 2.24) is 15.6 Å².